The van der Waals surface area contributed by atoms with Gasteiger partial charge in [0, 0.05) is 55.1 Å². The second-order valence-electron chi connectivity index (χ2n) is 9.71. The Bertz CT molecular complexity index is 1530. The monoisotopic (exact) mass is 503 g/mol. The molecule has 1 unspecified atom stereocenters. The summed E-state index contributed by atoms with van der Waals surface area (Å²) in [5.74, 6) is -0.0147. The molecule has 9 nitrogen and oxygen atoms in total. The average molecular weight is 503 g/mol. The van der Waals surface area contributed by atoms with Crippen molar-refractivity contribution < 1.29 is 38.3 Å². The van der Waals surface area contributed by atoms with Crippen molar-refractivity contribution in [3.63, 3.8) is 0 Å². The number of hydrogen-bond acceptors (Lipinski definition) is 7. The zero-order chi connectivity index (χ0) is 25.7. The molecule has 0 radical (unpaired) electrons. The Morgan fingerprint density at radius 3 is 2.61 bits per heavy atom. The number of aromatic nitrogens is 4. The van der Waals surface area contributed by atoms with E-state index in [0.29, 0.717) is 31.0 Å². The first-order valence-corrected chi connectivity index (χ1v) is 12.4. The number of hydrogen-bond donors (Lipinski definition) is 0. The molecule has 1 atom stereocenters. The number of carboxylic acids is 1. The second-order valence-corrected chi connectivity index (χ2v) is 9.71. The summed E-state index contributed by atoms with van der Waals surface area (Å²) in [6.45, 7) is 3.84. The molecule has 188 valence electrons. The largest absolute Gasteiger partial charge is 1.00 e. The van der Waals surface area contributed by atoms with Gasteiger partial charge in [-0.05, 0) is 43.4 Å². The summed E-state index contributed by atoms with van der Waals surface area (Å²) in [4.78, 5) is 39.5. The van der Waals surface area contributed by atoms with Gasteiger partial charge < -0.3 is 24.1 Å². The van der Waals surface area contributed by atoms with Crippen LogP contribution in [0.4, 0.5) is 0 Å². The van der Waals surface area contributed by atoms with Crippen molar-refractivity contribution in [2.75, 3.05) is 20.3 Å². The van der Waals surface area contributed by atoms with E-state index >= 15 is 0 Å². The zero-order valence-corrected chi connectivity index (χ0v) is 21.7. The van der Waals surface area contributed by atoms with Crippen LogP contribution in [0.2, 0.25) is 0 Å². The third kappa shape index (κ3) is 4.41. The molecule has 6 rings (SSSR count). The van der Waals surface area contributed by atoms with Crippen molar-refractivity contribution in [1.82, 2.24) is 24.4 Å². The molecule has 1 saturated heterocycles. The van der Waals surface area contributed by atoms with Crippen molar-refractivity contribution >= 4 is 22.6 Å². The van der Waals surface area contributed by atoms with Gasteiger partial charge in [-0.1, -0.05) is 18.2 Å². The van der Waals surface area contributed by atoms with E-state index in [1.807, 2.05) is 38.4 Å². The molecule has 2 aliphatic rings. The summed E-state index contributed by atoms with van der Waals surface area (Å²) in [5.41, 5.74) is 4.18. The molecule has 0 aliphatic carbocycles. The van der Waals surface area contributed by atoms with Crippen LogP contribution in [0.15, 0.2) is 48.8 Å². The molecule has 1 amide bonds. The van der Waals surface area contributed by atoms with Crippen molar-refractivity contribution in [1.29, 1.82) is 0 Å². The van der Waals surface area contributed by atoms with E-state index in [9.17, 15) is 14.7 Å². The number of pyridine rings is 2. The summed E-state index contributed by atoms with van der Waals surface area (Å²) in [7, 11) is 1.84. The van der Waals surface area contributed by atoms with Gasteiger partial charge in [0.05, 0.1) is 35.3 Å². The zero-order valence-electron chi connectivity index (χ0n) is 21.7. The molecule has 3 aromatic heterocycles. The predicted molar refractivity (Wildman–Crippen MR) is 135 cm³/mol. The van der Waals surface area contributed by atoms with Crippen LogP contribution >= 0.6 is 0 Å². The van der Waals surface area contributed by atoms with Gasteiger partial charge in [0.25, 0.3) is 0 Å². The van der Waals surface area contributed by atoms with Gasteiger partial charge in [-0.2, -0.15) is 0 Å². The number of aromatic carboxylic acids is 1. The van der Waals surface area contributed by atoms with Crippen LogP contribution in [0.1, 0.15) is 53.7 Å². The van der Waals surface area contributed by atoms with Gasteiger partial charge in [0.2, 0.25) is 5.91 Å². The molecule has 10 heteroatoms. The smallest absolute Gasteiger partial charge is 0.543 e. The molecular formula is C28H26LiN5O4. The van der Waals surface area contributed by atoms with E-state index < -0.39 is 5.97 Å². The molecule has 0 saturated carbocycles. The number of carbonyl (C=O) groups excluding carboxylic acids is 2. The van der Waals surface area contributed by atoms with Crippen molar-refractivity contribution in [3.05, 3.63) is 66.0 Å². The Hall–Kier alpha value is -3.51. The fourth-order valence-electron chi connectivity index (χ4n) is 5.46. The number of fused-ring (bicyclic) bond motifs is 2. The number of carboxylic acid groups (broad SMARTS) is 1. The summed E-state index contributed by atoms with van der Waals surface area (Å²) >= 11 is 0. The number of benzene rings is 1. The average Bonchev–Trinajstić information content (AvgIpc) is 3.30. The number of carbonyl (C=O) groups is 2. The first-order chi connectivity index (χ1) is 17.9. The SMILES string of the molecule is CC1C(=O)N(C)Cc2c(-c3cccc4cc(-c5ccc(C(=O)[O-])nc5)ncc34)nc(C3CCOCC3)n21.[Li+]. The van der Waals surface area contributed by atoms with Crippen molar-refractivity contribution in [3.8, 4) is 22.5 Å². The number of likely N-dealkylation sites (N-methyl/N-ethyl adjacent to an activating group) is 1. The second kappa shape index (κ2) is 10.3. The molecule has 2 aliphatic heterocycles. The number of nitrogens with zero attached hydrogens (tertiary/aromatic N) is 5. The normalized spacial score (nSPS) is 17.8. The van der Waals surface area contributed by atoms with Gasteiger partial charge in [0.1, 0.15) is 11.9 Å². The number of imidazole rings is 1. The van der Waals surface area contributed by atoms with E-state index in [0.717, 1.165) is 46.4 Å². The van der Waals surface area contributed by atoms with Crippen LogP contribution in [0.25, 0.3) is 33.3 Å². The summed E-state index contributed by atoms with van der Waals surface area (Å²) in [5, 5.41) is 13.0. The molecular weight excluding hydrogens is 477 g/mol. The van der Waals surface area contributed by atoms with Gasteiger partial charge in [-0.15, -0.1) is 0 Å². The fourth-order valence-corrected chi connectivity index (χ4v) is 5.46. The van der Waals surface area contributed by atoms with Gasteiger partial charge in [-0.25, -0.2) is 4.98 Å². The van der Waals surface area contributed by atoms with Crippen LogP contribution in [0, 0.1) is 0 Å². The number of amides is 1. The first kappa shape index (κ1) is 26.1. The number of ether oxygens (including phenoxy) is 1. The van der Waals surface area contributed by atoms with E-state index in [4.69, 9.17) is 9.72 Å². The minimum absolute atomic E-state index is 0. The summed E-state index contributed by atoms with van der Waals surface area (Å²) < 4.78 is 7.74. The maximum Gasteiger partial charge on any atom is 1.00 e. The maximum atomic E-state index is 12.9. The Balaban J connectivity index is 0.00000294. The Morgan fingerprint density at radius 2 is 1.89 bits per heavy atom. The molecule has 5 heterocycles. The molecule has 4 aromatic rings. The summed E-state index contributed by atoms with van der Waals surface area (Å²) in [6, 6.07) is 10.8. The topological polar surface area (TPSA) is 113 Å². The third-order valence-electron chi connectivity index (χ3n) is 7.42. The Kier molecular flexibility index (Phi) is 7.10. The number of rotatable bonds is 4. The minimum atomic E-state index is -1.31. The Labute approximate surface area is 232 Å². The van der Waals surface area contributed by atoms with E-state index in [1.54, 1.807) is 11.0 Å². The van der Waals surface area contributed by atoms with Crippen molar-refractivity contribution in [2.24, 2.45) is 0 Å². The van der Waals surface area contributed by atoms with Crippen LogP contribution in [0.3, 0.4) is 0 Å². The molecule has 0 bridgehead atoms. The molecule has 0 N–H and O–H groups in total. The van der Waals surface area contributed by atoms with Gasteiger partial charge in [-0.3, -0.25) is 14.8 Å². The van der Waals surface area contributed by atoms with Crippen LogP contribution in [-0.4, -0.2) is 56.6 Å². The van der Waals surface area contributed by atoms with Gasteiger partial charge in [0.15, 0.2) is 0 Å². The summed E-state index contributed by atoms with van der Waals surface area (Å²) in [6.07, 6.45) is 5.09. The predicted octanol–water partition coefficient (Wildman–Crippen LogP) is -0.0452. The third-order valence-corrected chi connectivity index (χ3v) is 7.42. The quantitative estimate of drug-likeness (QED) is 0.359. The standard InChI is InChI=1S/C28H27N5O4.Li/c1-16-27(34)32(2)15-24-25(31-26(33(16)24)17-8-10-37-11-9-17)20-5-3-4-18-12-23(30-14-21(18)20)19-6-7-22(28(35)36)29-13-19;/h3-7,12-14,16-17H,8-11,15H2,1-2H3,(H,35,36);/q;+1/p-1. The molecule has 1 aromatic carbocycles. The van der Waals surface area contributed by atoms with E-state index in [1.165, 1.54) is 12.3 Å². The van der Waals surface area contributed by atoms with Crippen LogP contribution in [0.5, 0.6) is 0 Å². The van der Waals surface area contributed by atoms with Gasteiger partial charge >= 0.3 is 18.9 Å². The molecule has 1 fully saturated rings. The Morgan fingerprint density at radius 1 is 1.11 bits per heavy atom. The molecule has 38 heavy (non-hydrogen) atoms. The first-order valence-electron chi connectivity index (χ1n) is 12.4. The molecule has 0 spiro atoms. The van der Waals surface area contributed by atoms with Crippen molar-refractivity contribution in [2.45, 2.75) is 38.3 Å². The van der Waals surface area contributed by atoms with E-state index in [-0.39, 0.29) is 42.4 Å². The maximum absolute atomic E-state index is 12.9. The van der Waals surface area contributed by atoms with Crippen LogP contribution in [-0.2, 0) is 16.1 Å². The minimum Gasteiger partial charge on any atom is -0.543 e. The fraction of sp³-hybridized carbons (Fsp3) is 0.321. The van der Waals surface area contributed by atoms with E-state index in [2.05, 4.69) is 20.6 Å². The van der Waals surface area contributed by atoms with Crippen LogP contribution < -0.4 is 24.0 Å².